The van der Waals surface area contributed by atoms with Crippen LogP contribution in [0.3, 0.4) is 0 Å². The number of benzene rings is 1. The Kier molecular flexibility index (Phi) is 4.24. The average molecular weight is 302 g/mol. The normalized spacial score (nSPS) is 14.1. The largest absolute Gasteiger partial charge is 0.353 e. The smallest absolute Gasteiger partial charge is 0.230 e. The molecule has 1 heterocycles. The Bertz CT molecular complexity index is 622. The lowest BCUT2D eigenvalue weighted by atomic mass is 10.2. The number of hydrogen-bond donors (Lipinski definition) is 1. The molecule has 0 atom stereocenters. The first-order valence-electron chi connectivity index (χ1n) is 7.08. The summed E-state index contributed by atoms with van der Waals surface area (Å²) in [7, 11) is 0. The number of hydrogen-bond acceptors (Lipinski definition) is 4. The van der Waals surface area contributed by atoms with E-state index in [4.69, 9.17) is 0 Å². The fourth-order valence-electron chi connectivity index (χ4n) is 2.04. The van der Waals surface area contributed by atoms with Gasteiger partial charge < -0.3 is 9.88 Å². The lowest BCUT2D eigenvalue weighted by Gasteiger charge is -2.08. The Labute approximate surface area is 128 Å². The number of aromatic nitrogens is 3. The van der Waals surface area contributed by atoms with Crippen LogP contribution in [0.15, 0.2) is 35.5 Å². The Morgan fingerprint density at radius 2 is 2.10 bits per heavy atom. The first-order chi connectivity index (χ1) is 10.2. The molecule has 1 saturated carbocycles. The van der Waals surface area contributed by atoms with Crippen molar-refractivity contribution in [2.45, 2.75) is 37.5 Å². The van der Waals surface area contributed by atoms with E-state index >= 15 is 0 Å². The summed E-state index contributed by atoms with van der Waals surface area (Å²) in [4.78, 5) is 11.8. The average Bonchev–Trinajstić information content (AvgIpc) is 3.23. The highest BCUT2D eigenvalue weighted by atomic mass is 32.2. The van der Waals surface area contributed by atoms with Gasteiger partial charge in [-0.2, -0.15) is 0 Å². The van der Waals surface area contributed by atoms with Crippen LogP contribution in [0.5, 0.6) is 0 Å². The Hall–Kier alpha value is -1.82. The molecule has 0 radical (unpaired) electrons. The van der Waals surface area contributed by atoms with Gasteiger partial charge in [0.1, 0.15) is 5.82 Å². The molecule has 1 fully saturated rings. The molecule has 2 aromatic rings. The Balaban J connectivity index is 1.63. The highest BCUT2D eigenvalue weighted by Crippen LogP contribution is 2.21. The Morgan fingerprint density at radius 1 is 1.33 bits per heavy atom. The molecule has 21 heavy (non-hydrogen) atoms. The van der Waals surface area contributed by atoms with Crippen molar-refractivity contribution in [2.75, 3.05) is 5.75 Å². The molecule has 0 aliphatic heterocycles. The quantitative estimate of drug-likeness (QED) is 0.829. The van der Waals surface area contributed by atoms with Crippen LogP contribution in [0.25, 0.3) is 0 Å². The summed E-state index contributed by atoms with van der Waals surface area (Å²) in [5, 5.41) is 12.1. The molecule has 6 heteroatoms. The minimum absolute atomic E-state index is 0.0782. The standard InChI is InChI=1S/C15H18N4OS/c1-11-17-18-15(21-10-14(20)16-13-7-8-13)19(11)9-12-5-3-2-4-6-12/h2-6,13H,7-10H2,1H3,(H,16,20). The number of amides is 1. The first-order valence-corrected chi connectivity index (χ1v) is 8.07. The van der Waals surface area contributed by atoms with Crippen LogP contribution in [0.2, 0.25) is 0 Å². The summed E-state index contributed by atoms with van der Waals surface area (Å²) < 4.78 is 2.05. The molecule has 110 valence electrons. The molecule has 0 unspecified atom stereocenters. The lowest BCUT2D eigenvalue weighted by Crippen LogP contribution is -2.27. The molecule has 1 aliphatic carbocycles. The van der Waals surface area contributed by atoms with Crippen molar-refractivity contribution >= 4 is 17.7 Å². The van der Waals surface area contributed by atoms with Gasteiger partial charge in [0.05, 0.1) is 12.3 Å². The molecule has 3 rings (SSSR count). The molecule has 0 bridgehead atoms. The van der Waals surface area contributed by atoms with Gasteiger partial charge in [0.2, 0.25) is 5.91 Å². The second kappa shape index (κ2) is 6.30. The van der Waals surface area contributed by atoms with Crippen LogP contribution in [0.4, 0.5) is 0 Å². The van der Waals surface area contributed by atoms with Crippen molar-refractivity contribution in [1.82, 2.24) is 20.1 Å². The summed E-state index contributed by atoms with van der Waals surface area (Å²) in [6, 6.07) is 10.6. The third-order valence-corrected chi connectivity index (χ3v) is 4.33. The maximum Gasteiger partial charge on any atom is 0.230 e. The van der Waals surface area contributed by atoms with Gasteiger partial charge in [0, 0.05) is 6.04 Å². The van der Waals surface area contributed by atoms with Crippen LogP contribution in [-0.4, -0.2) is 32.5 Å². The van der Waals surface area contributed by atoms with E-state index in [1.807, 2.05) is 29.7 Å². The number of nitrogens with one attached hydrogen (secondary N) is 1. The summed E-state index contributed by atoms with van der Waals surface area (Å²) >= 11 is 1.44. The number of carbonyl (C=O) groups excluding carboxylic acids is 1. The SMILES string of the molecule is Cc1nnc(SCC(=O)NC2CC2)n1Cc1ccccc1. The maximum atomic E-state index is 11.8. The molecular formula is C15H18N4OS. The maximum absolute atomic E-state index is 11.8. The van der Waals surface area contributed by atoms with Crippen molar-refractivity contribution in [3.63, 3.8) is 0 Å². The molecule has 1 amide bonds. The molecular weight excluding hydrogens is 284 g/mol. The van der Waals surface area contributed by atoms with Crippen molar-refractivity contribution in [3.8, 4) is 0 Å². The molecule has 1 N–H and O–H groups in total. The number of thioether (sulfide) groups is 1. The Morgan fingerprint density at radius 3 is 2.81 bits per heavy atom. The summed E-state index contributed by atoms with van der Waals surface area (Å²) in [6.45, 7) is 2.66. The molecule has 5 nitrogen and oxygen atoms in total. The van der Waals surface area contributed by atoms with E-state index in [0.29, 0.717) is 11.8 Å². The molecule has 1 aromatic carbocycles. The number of carbonyl (C=O) groups is 1. The molecule has 0 spiro atoms. The number of rotatable bonds is 6. The van der Waals surface area contributed by atoms with E-state index in [1.54, 1.807) is 0 Å². The third kappa shape index (κ3) is 3.85. The first kappa shape index (κ1) is 14.1. The molecule has 1 aliphatic rings. The number of nitrogens with zero attached hydrogens (tertiary/aromatic N) is 3. The van der Waals surface area contributed by atoms with E-state index in [1.165, 1.54) is 17.3 Å². The van der Waals surface area contributed by atoms with E-state index in [2.05, 4.69) is 27.6 Å². The lowest BCUT2D eigenvalue weighted by molar-refractivity contribution is -0.118. The van der Waals surface area contributed by atoms with E-state index in [0.717, 1.165) is 30.4 Å². The van der Waals surface area contributed by atoms with Gasteiger partial charge in [0.25, 0.3) is 0 Å². The highest BCUT2D eigenvalue weighted by Gasteiger charge is 2.23. The van der Waals surface area contributed by atoms with Gasteiger partial charge in [-0.25, -0.2) is 0 Å². The van der Waals surface area contributed by atoms with Gasteiger partial charge >= 0.3 is 0 Å². The topological polar surface area (TPSA) is 59.8 Å². The molecule has 1 aromatic heterocycles. The van der Waals surface area contributed by atoms with Gasteiger partial charge in [-0.3, -0.25) is 4.79 Å². The highest BCUT2D eigenvalue weighted by molar-refractivity contribution is 7.99. The minimum atomic E-state index is 0.0782. The van der Waals surface area contributed by atoms with Gasteiger partial charge in [-0.15, -0.1) is 10.2 Å². The monoisotopic (exact) mass is 302 g/mol. The second-order valence-electron chi connectivity index (χ2n) is 5.23. The molecule has 0 saturated heterocycles. The van der Waals surface area contributed by atoms with Crippen molar-refractivity contribution < 1.29 is 4.79 Å². The van der Waals surface area contributed by atoms with E-state index in [-0.39, 0.29) is 5.91 Å². The fourth-order valence-corrected chi connectivity index (χ4v) is 2.84. The van der Waals surface area contributed by atoms with Crippen LogP contribution < -0.4 is 5.32 Å². The van der Waals surface area contributed by atoms with Crippen LogP contribution in [0, 0.1) is 6.92 Å². The van der Waals surface area contributed by atoms with Crippen molar-refractivity contribution in [2.24, 2.45) is 0 Å². The summed E-state index contributed by atoms with van der Waals surface area (Å²) in [5.41, 5.74) is 1.20. The zero-order valence-electron chi connectivity index (χ0n) is 12.0. The van der Waals surface area contributed by atoms with Crippen LogP contribution in [0.1, 0.15) is 24.2 Å². The van der Waals surface area contributed by atoms with E-state index in [9.17, 15) is 4.79 Å². The summed E-state index contributed by atoms with van der Waals surface area (Å²) in [6.07, 6.45) is 2.22. The number of aryl methyl sites for hydroxylation is 1. The predicted molar refractivity (Wildman–Crippen MR) is 82.2 cm³/mol. The van der Waals surface area contributed by atoms with Gasteiger partial charge in [-0.1, -0.05) is 42.1 Å². The second-order valence-corrected chi connectivity index (χ2v) is 6.17. The zero-order chi connectivity index (χ0) is 14.7. The fraction of sp³-hybridized carbons (Fsp3) is 0.400. The summed E-state index contributed by atoms with van der Waals surface area (Å²) in [5.74, 6) is 1.34. The van der Waals surface area contributed by atoms with Gasteiger partial charge in [-0.05, 0) is 25.3 Å². The van der Waals surface area contributed by atoms with Crippen molar-refractivity contribution in [3.05, 3.63) is 41.7 Å². The van der Waals surface area contributed by atoms with E-state index < -0.39 is 0 Å². The van der Waals surface area contributed by atoms with Crippen LogP contribution >= 0.6 is 11.8 Å². The van der Waals surface area contributed by atoms with Crippen LogP contribution in [-0.2, 0) is 11.3 Å². The van der Waals surface area contributed by atoms with Crippen molar-refractivity contribution in [1.29, 1.82) is 0 Å². The minimum Gasteiger partial charge on any atom is -0.353 e. The predicted octanol–water partition coefficient (Wildman–Crippen LogP) is 2.01. The van der Waals surface area contributed by atoms with Gasteiger partial charge in [0.15, 0.2) is 5.16 Å². The third-order valence-electron chi connectivity index (χ3n) is 3.36. The zero-order valence-corrected chi connectivity index (χ0v) is 12.8.